The van der Waals surface area contributed by atoms with Crippen molar-refractivity contribution in [2.75, 3.05) is 11.1 Å². The number of benzene rings is 1. The number of nitrogens with zero attached hydrogens (tertiary/aromatic N) is 4. The molecular formula is C20H25N5OS. The second-order valence-electron chi connectivity index (χ2n) is 6.92. The highest BCUT2D eigenvalue weighted by Gasteiger charge is 2.12. The number of thioether (sulfide) groups is 1. The maximum absolute atomic E-state index is 12.3. The van der Waals surface area contributed by atoms with Gasteiger partial charge in [-0.05, 0) is 37.5 Å². The fraction of sp³-hybridized carbons (Fsp3) is 0.350. The number of rotatable bonds is 7. The molecule has 3 aromatic rings. The molecule has 0 unspecified atom stereocenters. The van der Waals surface area contributed by atoms with E-state index in [1.54, 1.807) is 23.1 Å². The summed E-state index contributed by atoms with van der Waals surface area (Å²) >= 11 is 1.41. The lowest BCUT2D eigenvalue weighted by molar-refractivity contribution is -0.113. The molecule has 0 saturated carbocycles. The van der Waals surface area contributed by atoms with Crippen LogP contribution in [0.1, 0.15) is 45.2 Å². The van der Waals surface area contributed by atoms with Crippen LogP contribution in [0.25, 0.3) is 5.69 Å². The van der Waals surface area contributed by atoms with E-state index in [0.29, 0.717) is 11.7 Å². The van der Waals surface area contributed by atoms with Crippen molar-refractivity contribution in [3.8, 4) is 5.69 Å². The molecule has 0 fully saturated rings. The smallest absolute Gasteiger partial charge is 0.235 e. The van der Waals surface area contributed by atoms with Gasteiger partial charge in [0.2, 0.25) is 5.91 Å². The molecule has 6 nitrogen and oxygen atoms in total. The number of hydrogen-bond donors (Lipinski definition) is 1. The molecule has 2 heterocycles. The average molecular weight is 384 g/mol. The Hall–Kier alpha value is -2.54. The van der Waals surface area contributed by atoms with Crippen molar-refractivity contribution in [2.24, 2.45) is 0 Å². The zero-order valence-corrected chi connectivity index (χ0v) is 16.9. The zero-order valence-electron chi connectivity index (χ0n) is 16.1. The number of nitrogens with one attached hydrogen (secondary N) is 1. The van der Waals surface area contributed by atoms with Crippen molar-refractivity contribution < 1.29 is 4.79 Å². The Morgan fingerprint density at radius 3 is 2.52 bits per heavy atom. The predicted octanol–water partition coefficient (Wildman–Crippen LogP) is 4.50. The molecule has 0 aliphatic heterocycles. The Balaban J connectivity index is 1.64. The van der Waals surface area contributed by atoms with E-state index >= 15 is 0 Å². The van der Waals surface area contributed by atoms with Crippen molar-refractivity contribution in [1.29, 1.82) is 0 Å². The Labute approximate surface area is 164 Å². The van der Waals surface area contributed by atoms with Gasteiger partial charge >= 0.3 is 0 Å². The third-order valence-electron chi connectivity index (χ3n) is 4.20. The minimum absolute atomic E-state index is 0.0768. The van der Waals surface area contributed by atoms with Crippen LogP contribution in [0, 0.1) is 0 Å². The maximum atomic E-state index is 12.3. The van der Waals surface area contributed by atoms with Gasteiger partial charge in [0, 0.05) is 30.2 Å². The molecule has 0 radical (unpaired) electrons. The summed E-state index contributed by atoms with van der Waals surface area (Å²) in [6.45, 7) is 8.41. The fourth-order valence-electron chi connectivity index (χ4n) is 2.75. The number of anilines is 1. The lowest BCUT2D eigenvalue weighted by Crippen LogP contribution is -2.18. The third kappa shape index (κ3) is 4.60. The summed E-state index contributed by atoms with van der Waals surface area (Å²) in [5, 5.41) is 7.94. The number of aromatic nitrogens is 4. The van der Waals surface area contributed by atoms with Crippen LogP contribution in [0.2, 0.25) is 0 Å². The number of carbonyl (C=O) groups is 1. The van der Waals surface area contributed by atoms with Crippen LogP contribution in [-0.4, -0.2) is 31.0 Å². The van der Waals surface area contributed by atoms with E-state index in [0.717, 1.165) is 10.8 Å². The minimum atomic E-state index is -0.0768. The number of imidazole rings is 1. The summed E-state index contributed by atoms with van der Waals surface area (Å²) in [6, 6.07) is 10.4. The normalized spacial score (nSPS) is 11.3. The lowest BCUT2D eigenvalue weighted by Gasteiger charge is -2.12. The molecular weight excluding hydrogens is 358 g/mol. The Kier molecular flexibility index (Phi) is 6.01. The van der Waals surface area contributed by atoms with Crippen LogP contribution in [0.3, 0.4) is 0 Å². The quantitative estimate of drug-likeness (QED) is 0.610. The van der Waals surface area contributed by atoms with Gasteiger partial charge < -0.3 is 5.32 Å². The van der Waals surface area contributed by atoms with Gasteiger partial charge in [-0.2, -0.15) is 5.10 Å². The van der Waals surface area contributed by atoms with Crippen LogP contribution in [0.5, 0.6) is 0 Å². The molecule has 3 rings (SSSR count). The topological polar surface area (TPSA) is 64.7 Å². The molecule has 0 aliphatic rings. The zero-order chi connectivity index (χ0) is 19.4. The van der Waals surface area contributed by atoms with Gasteiger partial charge in [-0.25, -0.2) is 9.67 Å². The third-order valence-corrected chi connectivity index (χ3v) is 5.17. The summed E-state index contributed by atoms with van der Waals surface area (Å²) in [7, 11) is 0. The summed E-state index contributed by atoms with van der Waals surface area (Å²) in [5.41, 5.74) is 2.34. The van der Waals surface area contributed by atoms with E-state index in [2.05, 4.69) is 53.5 Å². The predicted molar refractivity (Wildman–Crippen MR) is 110 cm³/mol. The SMILES string of the molecule is CC(C)c1ccc(-n2ccnc2SCC(=O)Nc2ccnn2C(C)C)cc1. The summed E-state index contributed by atoms with van der Waals surface area (Å²) in [4.78, 5) is 16.7. The maximum Gasteiger partial charge on any atom is 0.235 e. The minimum Gasteiger partial charge on any atom is -0.310 e. The average Bonchev–Trinajstić information content (AvgIpc) is 3.29. The summed E-state index contributed by atoms with van der Waals surface area (Å²) in [5.74, 6) is 1.42. The van der Waals surface area contributed by atoms with E-state index in [4.69, 9.17) is 0 Å². The summed E-state index contributed by atoms with van der Waals surface area (Å²) < 4.78 is 3.79. The second-order valence-corrected chi connectivity index (χ2v) is 7.86. The molecule has 1 N–H and O–H groups in total. The van der Waals surface area contributed by atoms with Gasteiger partial charge in [0.25, 0.3) is 0 Å². The highest BCUT2D eigenvalue weighted by atomic mass is 32.2. The van der Waals surface area contributed by atoms with E-state index < -0.39 is 0 Å². The van der Waals surface area contributed by atoms with Crippen molar-refractivity contribution in [3.63, 3.8) is 0 Å². The molecule has 1 aromatic carbocycles. The van der Waals surface area contributed by atoms with Gasteiger partial charge in [-0.3, -0.25) is 9.36 Å². The largest absolute Gasteiger partial charge is 0.310 e. The molecule has 0 saturated heterocycles. The molecule has 1 amide bonds. The lowest BCUT2D eigenvalue weighted by atomic mass is 10.0. The first-order valence-corrected chi connectivity index (χ1v) is 10.0. The molecule has 142 valence electrons. The van der Waals surface area contributed by atoms with Gasteiger partial charge in [0.05, 0.1) is 11.9 Å². The highest BCUT2D eigenvalue weighted by Crippen LogP contribution is 2.23. The first kappa shape index (κ1) is 19.2. The van der Waals surface area contributed by atoms with E-state index in [-0.39, 0.29) is 17.7 Å². The van der Waals surface area contributed by atoms with Gasteiger partial charge in [-0.1, -0.05) is 37.7 Å². The fourth-order valence-corrected chi connectivity index (χ4v) is 3.52. The van der Waals surface area contributed by atoms with Crippen molar-refractivity contribution in [1.82, 2.24) is 19.3 Å². The number of amides is 1. The molecule has 0 bridgehead atoms. The molecule has 27 heavy (non-hydrogen) atoms. The van der Waals surface area contributed by atoms with Crippen molar-refractivity contribution in [2.45, 2.75) is 44.8 Å². The first-order valence-electron chi connectivity index (χ1n) is 9.05. The second kappa shape index (κ2) is 8.43. The van der Waals surface area contributed by atoms with Gasteiger partial charge in [0.1, 0.15) is 5.82 Å². The van der Waals surface area contributed by atoms with Crippen LogP contribution < -0.4 is 5.32 Å². The van der Waals surface area contributed by atoms with Crippen LogP contribution in [-0.2, 0) is 4.79 Å². The van der Waals surface area contributed by atoms with Crippen LogP contribution in [0.15, 0.2) is 54.1 Å². The van der Waals surface area contributed by atoms with Crippen LogP contribution in [0.4, 0.5) is 5.82 Å². The molecule has 0 spiro atoms. The van der Waals surface area contributed by atoms with Crippen molar-refractivity contribution >= 4 is 23.5 Å². The molecule has 2 aromatic heterocycles. The number of carbonyl (C=O) groups excluding carboxylic acids is 1. The Morgan fingerprint density at radius 1 is 1.11 bits per heavy atom. The summed E-state index contributed by atoms with van der Waals surface area (Å²) in [6.07, 6.45) is 5.36. The first-order chi connectivity index (χ1) is 13.0. The van der Waals surface area contributed by atoms with E-state index in [1.807, 2.05) is 24.6 Å². The van der Waals surface area contributed by atoms with Gasteiger partial charge in [-0.15, -0.1) is 0 Å². The molecule has 7 heteroatoms. The molecule has 0 atom stereocenters. The van der Waals surface area contributed by atoms with E-state index in [9.17, 15) is 4.79 Å². The standard InChI is InChI=1S/C20H25N5OS/c1-14(2)16-5-7-17(8-6-16)24-12-11-21-20(24)27-13-19(26)23-18-9-10-22-25(18)15(3)4/h5-12,14-15H,13H2,1-4H3,(H,23,26). The molecule has 0 aliphatic carbocycles. The number of hydrogen-bond acceptors (Lipinski definition) is 4. The highest BCUT2D eigenvalue weighted by molar-refractivity contribution is 7.99. The van der Waals surface area contributed by atoms with E-state index in [1.165, 1.54) is 17.3 Å². The monoisotopic (exact) mass is 383 g/mol. The van der Waals surface area contributed by atoms with Gasteiger partial charge in [0.15, 0.2) is 5.16 Å². The van der Waals surface area contributed by atoms with Crippen LogP contribution >= 0.6 is 11.8 Å². The Morgan fingerprint density at radius 2 is 1.85 bits per heavy atom. The Bertz CT molecular complexity index is 895. The van der Waals surface area contributed by atoms with Crippen molar-refractivity contribution in [3.05, 3.63) is 54.5 Å².